The molecular weight excluding hydrogens is 314 g/mol. The van der Waals surface area contributed by atoms with Crippen molar-refractivity contribution in [1.29, 1.82) is 0 Å². The van der Waals surface area contributed by atoms with Gasteiger partial charge in [-0.05, 0) is 12.1 Å². The third-order valence-electron chi connectivity index (χ3n) is 4.46. The fraction of sp³-hybridized carbons (Fsp3) is 0.316. The van der Waals surface area contributed by atoms with Crippen molar-refractivity contribution in [3.05, 3.63) is 60.2 Å². The first-order valence-corrected chi connectivity index (χ1v) is 8.51. The van der Waals surface area contributed by atoms with Crippen LogP contribution in [0.2, 0.25) is 0 Å². The normalized spacial score (nSPS) is 18.4. The Morgan fingerprint density at radius 1 is 1.16 bits per heavy atom. The number of hydrogen-bond acceptors (Lipinski definition) is 6. The summed E-state index contributed by atoms with van der Waals surface area (Å²) in [4.78, 5) is 15.9. The van der Waals surface area contributed by atoms with E-state index in [0.717, 1.165) is 42.4 Å². The summed E-state index contributed by atoms with van der Waals surface area (Å²) in [5, 5.41) is 4.26. The van der Waals surface area contributed by atoms with E-state index in [1.54, 1.807) is 12.4 Å². The first-order chi connectivity index (χ1) is 12.3. The van der Waals surface area contributed by atoms with Gasteiger partial charge in [0.1, 0.15) is 17.6 Å². The van der Waals surface area contributed by atoms with Gasteiger partial charge in [-0.1, -0.05) is 24.3 Å². The SMILES string of the molecule is CNc1nccnc1[C@@H]1CN(Cc2ccc3ccccc3n2)CCO1. The van der Waals surface area contributed by atoms with Gasteiger partial charge in [0.05, 0.1) is 17.8 Å². The first kappa shape index (κ1) is 15.9. The lowest BCUT2D eigenvalue weighted by atomic mass is 10.1. The van der Waals surface area contributed by atoms with E-state index in [1.165, 1.54) is 5.39 Å². The molecule has 0 amide bonds. The largest absolute Gasteiger partial charge is 0.372 e. The van der Waals surface area contributed by atoms with Crippen molar-refractivity contribution in [2.45, 2.75) is 12.6 Å². The lowest BCUT2D eigenvalue weighted by Crippen LogP contribution is -2.38. The van der Waals surface area contributed by atoms with Crippen molar-refractivity contribution < 1.29 is 4.74 Å². The third kappa shape index (κ3) is 3.45. The van der Waals surface area contributed by atoms with Crippen molar-refractivity contribution in [2.24, 2.45) is 0 Å². The van der Waals surface area contributed by atoms with Crippen molar-refractivity contribution >= 4 is 16.7 Å². The van der Waals surface area contributed by atoms with Gasteiger partial charge in [-0.2, -0.15) is 0 Å². The highest BCUT2D eigenvalue weighted by Gasteiger charge is 2.25. The maximum Gasteiger partial charge on any atom is 0.150 e. The molecule has 2 aromatic heterocycles. The van der Waals surface area contributed by atoms with Crippen LogP contribution in [0.5, 0.6) is 0 Å². The number of benzene rings is 1. The monoisotopic (exact) mass is 335 g/mol. The minimum atomic E-state index is -0.0784. The Morgan fingerprint density at radius 2 is 2.04 bits per heavy atom. The van der Waals surface area contributed by atoms with Crippen LogP contribution < -0.4 is 5.32 Å². The van der Waals surface area contributed by atoms with Gasteiger partial charge < -0.3 is 10.1 Å². The molecule has 4 rings (SSSR count). The molecule has 6 nitrogen and oxygen atoms in total. The zero-order chi connectivity index (χ0) is 17.1. The smallest absolute Gasteiger partial charge is 0.150 e. The van der Waals surface area contributed by atoms with Gasteiger partial charge in [0.2, 0.25) is 0 Å². The molecule has 0 saturated carbocycles. The molecule has 25 heavy (non-hydrogen) atoms. The highest BCUT2D eigenvalue weighted by molar-refractivity contribution is 5.78. The lowest BCUT2D eigenvalue weighted by Gasteiger charge is -2.32. The molecule has 1 aromatic carbocycles. The number of pyridine rings is 1. The van der Waals surface area contributed by atoms with E-state index in [4.69, 9.17) is 9.72 Å². The summed E-state index contributed by atoms with van der Waals surface area (Å²) in [6.45, 7) is 3.15. The molecule has 0 bridgehead atoms. The number of hydrogen-bond donors (Lipinski definition) is 1. The summed E-state index contributed by atoms with van der Waals surface area (Å²) in [7, 11) is 1.85. The second kappa shape index (κ2) is 7.13. The molecule has 1 aliphatic heterocycles. The number of morpholine rings is 1. The highest BCUT2D eigenvalue weighted by atomic mass is 16.5. The average molecular weight is 335 g/mol. The molecule has 0 spiro atoms. The van der Waals surface area contributed by atoms with Crippen molar-refractivity contribution in [2.75, 3.05) is 32.1 Å². The number of rotatable bonds is 4. The molecule has 128 valence electrons. The summed E-state index contributed by atoms with van der Waals surface area (Å²) in [6, 6.07) is 12.4. The van der Waals surface area contributed by atoms with Crippen LogP contribution >= 0.6 is 0 Å². The average Bonchev–Trinajstić information content (AvgIpc) is 2.68. The van der Waals surface area contributed by atoms with Crippen LogP contribution in [0.1, 0.15) is 17.5 Å². The van der Waals surface area contributed by atoms with Crippen LogP contribution in [0.4, 0.5) is 5.82 Å². The van der Waals surface area contributed by atoms with E-state index in [9.17, 15) is 0 Å². The van der Waals surface area contributed by atoms with Gasteiger partial charge in [-0.15, -0.1) is 0 Å². The van der Waals surface area contributed by atoms with Crippen LogP contribution in [0.15, 0.2) is 48.8 Å². The fourth-order valence-electron chi connectivity index (χ4n) is 3.21. The van der Waals surface area contributed by atoms with Crippen LogP contribution in [0.3, 0.4) is 0 Å². The Hall–Kier alpha value is -2.57. The molecule has 1 saturated heterocycles. The molecule has 1 fully saturated rings. The summed E-state index contributed by atoms with van der Waals surface area (Å²) in [5.74, 6) is 0.776. The molecule has 0 unspecified atom stereocenters. The fourth-order valence-corrected chi connectivity index (χ4v) is 3.21. The second-order valence-electron chi connectivity index (χ2n) is 6.13. The van der Waals surface area contributed by atoms with Gasteiger partial charge in [0.25, 0.3) is 0 Å². The summed E-state index contributed by atoms with van der Waals surface area (Å²) in [6.07, 6.45) is 3.32. The number of ether oxygens (including phenoxy) is 1. The van der Waals surface area contributed by atoms with E-state index in [0.29, 0.717) is 6.61 Å². The van der Waals surface area contributed by atoms with Gasteiger partial charge in [-0.25, -0.2) is 4.98 Å². The third-order valence-corrected chi connectivity index (χ3v) is 4.46. The van der Waals surface area contributed by atoms with Crippen molar-refractivity contribution in [3.63, 3.8) is 0 Å². The Balaban J connectivity index is 1.50. The predicted molar refractivity (Wildman–Crippen MR) is 97.3 cm³/mol. The second-order valence-corrected chi connectivity index (χ2v) is 6.13. The van der Waals surface area contributed by atoms with E-state index in [1.807, 2.05) is 19.2 Å². The Labute approximate surface area is 146 Å². The predicted octanol–water partition coefficient (Wildman–Crippen LogP) is 2.64. The number of nitrogens with zero attached hydrogens (tertiary/aromatic N) is 4. The van der Waals surface area contributed by atoms with Gasteiger partial charge in [0.15, 0.2) is 0 Å². The summed E-state index contributed by atoms with van der Waals surface area (Å²) < 4.78 is 5.94. The number of para-hydroxylation sites is 1. The molecule has 0 aliphatic carbocycles. The minimum Gasteiger partial charge on any atom is -0.372 e. The zero-order valence-electron chi connectivity index (χ0n) is 14.2. The minimum absolute atomic E-state index is 0.0784. The van der Waals surface area contributed by atoms with E-state index < -0.39 is 0 Å². The number of fused-ring (bicyclic) bond motifs is 1. The van der Waals surface area contributed by atoms with Crippen LogP contribution in [0, 0.1) is 0 Å². The number of nitrogens with one attached hydrogen (secondary N) is 1. The molecule has 1 aliphatic rings. The maximum atomic E-state index is 5.94. The van der Waals surface area contributed by atoms with Crippen molar-refractivity contribution in [1.82, 2.24) is 19.9 Å². The molecule has 3 aromatic rings. The van der Waals surface area contributed by atoms with Crippen LogP contribution in [0.25, 0.3) is 10.9 Å². The Bertz CT molecular complexity index is 869. The molecular formula is C19H21N5O. The van der Waals surface area contributed by atoms with E-state index in [2.05, 4.69) is 44.5 Å². The van der Waals surface area contributed by atoms with E-state index in [-0.39, 0.29) is 6.10 Å². The van der Waals surface area contributed by atoms with Crippen LogP contribution in [-0.2, 0) is 11.3 Å². The Morgan fingerprint density at radius 3 is 2.96 bits per heavy atom. The maximum absolute atomic E-state index is 5.94. The topological polar surface area (TPSA) is 63.2 Å². The molecule has 6 heteroatoms. The van der Waals surface area contributed by atoms with Gasteiger partial charge >= 0.3 is 0 Å². The summed E-state index contributed by atoms with van der Waals surface area (Å²) in [5.41, 5.74) is 2.98. The first-order valence-electron chi connectivity index (χ1n) is 8.51. The van der Waals surface area contributed by atoms with Gasteiger partial charge in [0, 0.05) is 44.5 Å². The number of anilines is 1. The highest BCUT2D eigenvalue weighted by Crippen LogP contribution is 2.25. The van der Waals surface area contributed by atoms with Crippen LogP contribution in [-0.4, -0.2) is 46.6 Å². The molecule has 1 N–H and O–H groups in total. The quantitative estimate of drug-likeness (QED) is 0.791. The zero-order valence-corrected chi connectivity index (χ0v) is 14.2. The molecule has 3 heterocycles. The summed E-state index contributed by atoms with van der Waals surface area (Å²) >= 11 is 0. The lowest BCUT2D eigenvalue weighted by molar-refractivity contribution is -0.0350. The van der Waals surface area contributed by atoms with Crippen molar-refractivity contribution in [3.8, 4) is 0 Å². The molecule has 0 radical (unpaired) electrons. The molecule has 1 atom stereocenters. The standard InChI is InChI=1S/C19H21N5O/c1-20-19-18(21-8-9-22-19)17-13-24(10-11-25-17)12-15-7-6-14-4-2-3-5-16(14)23-15/h2-9,17H,10-13H2,1H3,(H,20,22)/t17-/m0/s1. The number of aromatic nitrogens is 3. The van der Waals surface area contributed by atoms with E-state index >= 15 is 0 Å². The van der Waals surface area contributed by atoms with Gasteiger partial charge in [-0.3, -0.25) is 14.9 Å². The Kier molecular flexibility index (Phi) is 4.54.